The lowest BCUT2D eigenvalue weighted by atomic mass is 10.1. The molecule has 1 aromatic carbocycles. The minimum atomic E-state index is 0.247. The van der Waals surface area contributed by atoms with E-state index in [-0.39, 0.29) is 6.54 Å². The van der Waals surface area contributed by atoms with Crippen LogP contribution in [0.1, 0.15) is 5.89 Å². The molecule has 2 N–H and O–H groups in total. The van der Waals surface area contributed by atoms with Crippen LogP contribution in [-0.2, 0) is 6.54 Å². The van der Waals surface area contributed by atoms with E-state index in [0.29, 0.717) is 18.3 Å². The molecule has 3 rings (SSSR count). The summed E-state index contributed by atoms with van der Waals surface area (Å²) in [6.45, 7) is 1.83. The quantitative estimate of drug-likeness (QED) is 0.852. The van der Waals surface area contributed by atoms with Crippen molar-refractivity contribution in [2.45, 2.75) is 6.54 Å². The molecular weight excluding hydrogens is 232 g/mol. The highest BCUT2D eigenvalue weighted by atomic mass is 16.5. The van der Waals surface area contributed by atoms with Gasteiger partial charge in [-0.25, -0.2) is 0 Å². The number of benzene rings is 1. The number of nitrogens with two attached hydrogens (primary N) is 1. The van der Waals surface area contributed by atoms with Gasteiger partial charge in [-0.05, 0) is 18.2 Å². The highest BCUT2D eigenvalue weighted by Crippen LogP contribution is 2.34. The number of fused-ring (bicyclic) bond motifs is 1. The summed E-state index contributed by atoms with van der Waals surface area (Å²) in [7, 11) is 2.04. The van der Waals surface area contributed by atoms with Crippen LogP contribution in [0.3, 0.4) is 0 Å². The number of nitrogens with zero attached hydrogens (tertiary/aromatic N) is 3. The molecule has 1 aromatic heterocycles. The van der Waals surface area contributed by atoms with Crippen molar-refractivity contribution in [3.63, 3.8) is 0 Å². The predicted molar refractivity (Wildman–Crippen MR) is 66.4 cm³/mol. The van der Waals surface area contributed by atoms with Gasteiger partial charge < -0.3 is 19.9 Å². The molecule has 0 bridgehead atoms. The zero-order valence-electron chi connectivity index (χ0n) is 10.1. The van der Waals surface area contributed by atoms with Crippen LogP contribution in [0, 0.1) is 0 Å². The third-order valence-electron chi connectivity index (χ3n) is 2.96. The van der Waals surface area contributed by atoms with Crippen molar-refractivity contribution in [3.05, 3.63) is 24.1 Å². The molecule has 2 heterocycles. The maximum atomic E-state index is 5.64. The van der Waals surface area contributed by atoms with E-state index >= 15 is 0 Å². The number of hydrogen-bond donors (Lipinski definition) is 1. The van der Waals surface area contributed by atoms with Crippen LogP contribution >= 0.6 is 0 Å². The van der Waals surface area contributed by atoms with E-state index in [1.54, 1.807) is 0 Å². The normalized spacial score (nSPS) is 14.2. The molecule has 0 saturated carbocycles. The van der Waals surface area contributed by atoms with Gasteiger partial charge in [0.1, 0.15) is 12.4 Å². The molecule has 0 amide bonds. The van der Waals surface area contributed by atoms with Crippen LogP contribution in [0.5, 0.6) is 5.75 Å². The summed E-state index contributed by atoms with van der Waals surface area (Å²) >= 11 is 0. The van der Waals surface area contributed by atoms with Crippen molar-refractivity contribution in [2.24, 2.45) is 5.73 Å². The first-order chi connectivity index (χ1) is 8.78. The van der Waals surface area contributed by atoms with Gasteiger partial charge in [0.2, 0.25) is 11.7 Å². The van der Waals surface area contributed by atoms with Crippen LogP contribution in [0.15, 0.2) is 22.7 Å². The van der Waals surface area contributed by atoms with Crippen LogP contribution < -0.4 is 15.4 Å². The number of ether oxygens (including phenoxy) is 1. The molecule has 0 unspecified atom stereocenters. The Morgan fingerprint density at radius 2 is 2.33 bits per heavy atom. The van der Waals surface area contributed by atoms with E-state index in [2.05, 4.69) is 15.0 Å². The van der Waals surface area contributed by atoms with E-state index in [0.717, 1.165) is 23.5 Å². The van der Waals surface area contributed by atoms with Crippen LogP contribution in [0.4, 0.5) is 5.69 Å². The summed E-state index contributed by atoms with van der Waals surface area (Å²) < 4.78 is 10.6. The fraction of sp³-hybridized carbons (Fsp3) is 0.333. The van der Waals surface area contributed by atoms with Gasteiger partial charge in [0.05, 0.1) is 18.8 Å². The first-order valence-electron chi connectivity index (χ1n) is 5.79. The molecule has 0 atom stereocenters. The monoisotopic (exact) mass is 246 g/mol. The Labute approximate surface area is 104 Å². The van der Waals surface area contributed by atoms with Gasteiger partial charge in [0, 0.05) is 12.6 Å². The van der Waals surface area contributed by atoms with Crippen molar-refractivity contribution in [2.75, 3.05) is 25.1 Å². The molecule has 2 aromatic rings. The van der Waals surface area contributed by atoms with Crippen molar-refractivity contribution >= 4 is 5.69 Å². The van der Waals surface area contributed by atoms with Crippen molar-refractivity contribution < 1.29 is 9.26 Å². The number of aromatic nitrogens is 2. The molecule has 0 radical (unpaired) electrons. The molecule has 6 nitrogen and oxygen atoms in total. The molecule has 1 aliphatic heterocycles. The number of anilines is 1. The molecule has 18 heavy (non-hydrogen) atoms. The van der Waals surface area contributed by atoms with E-state index in [4.69, 9.17) is 15.0 Å². The maximum absolute atomic E-state index is 5.64. The van der Waals surface area contributed by atoms with Gasteiger partial charge >= 0.3 is 0 Å². The Hall–Kier alpha value is -2.08. The molecule has 94 valence electrons. The fourth-order valence-electron chi connectivity index (χ4n) is 1.95. The Balaban J connectivity index is 1.99. The van der Waals surface area contributed by atoms with Crippen LogP contribution in [0.25, 0.3) is 11.4 Å². The third kappa shape index (κ3) is 1.80. The SMILES string of the molecule is CN1CCOc2cc(-c3noc(CN)n3)ccc21. The van der Waals surface area contributed by atoms with E-state index < -0.39 is 0 Å². The fourth-order valence-corrected chi connectivity index (χ4v) is 1.95. The number of hydrogen-bond acceptors (Lipinski definition) is 6. The third-order valence-corrected chi connectivity index (χ3v) is 2.96. The van der Waals surface area contributed by atoms with E-state index in [1.165, 1.54) is 0 Å². The van der Waals surface area contributed by atoms with Gasteiger partial charge in [0.25, 0.3) is 0 Å². The Kier molecular flexibility index (Phi) is 2.64. The highest BCUT2D eigenvalue weighted by Gasteiger charge is 2.17. The zero-order valence-corrected chi connectivity index (χ0v) is 10.1. The molecule has 0 spiro atoms. The van der Waals surface area contributed by atoms with E-state index in [1.807, 2.05) is 25.2 Å². The summed E-state index contributed by atoms with van der Waals surface area (Å²) in [5.41, 5.74) is 7.39. The molecule has 0 saturated heterocycles. The first-order valence-corrected chi connectivity index (χ1v) is 5.79. The molecule has 1 aliphatic rings. The van der Waals surface area contributed by atoms with Gasteiger partial charge in [-0.15, -0.1) is 0 Å². The Bertz CT molecular complexity index is 567. The highest BCUT2D eigenvalue weighted by molar-refractivity contribution is 5.68. The van der Waals surface area contributed by atoms with Crippen LogP contribution in [-0.4, -0.2) is 30.3 Å². The minimum Gasteiger partial charge on any atom is -0.490 e. The van der Waals surface area contributed by atoms with E-state index in [9.17, 15) is 0 Å². The Morgan fingerprint density at radius 3 is 3.11 bits per heavy atom. The Morgan fingerprint density at radius 1 is 1.44 bits per heavy atom. The average Bonchev–Trinajstić information content (AvgIpc) is 2.87. The molecular formula is C12H14N4O2. The van der Waals surface area contributed by atoms with Crippen molar-refractivity contribution in [1.82, 2.24) is 10.1 Å². The summed E-state index contributed by atoms with van der Waals surface area (Å²) in [5.74, 6) is 1.82. The minimum absolute atomic E-state index is 0.247. The topological polar surface area (TPSA) is 77.4 Å². The zero-order chi connectivity index (χ0) is 12.5. The maximum Gasteiger partial charge on any atom is 0.240 e. The second-order valence-electron chi connectivity index (χ2n) is 4.17. The summed E-state index contributed by atoms with van der Waals surface area (Å²) in [6, 6.07) is 5.88. The molecule has 6 heteroatoms. The van der Waals surface area contributed by atoms with Crippen molar-refractivity contribution in [3.8, 4) is 17.1 Å². The second kappa shape index (κ2) is 4.30. The van der Waals surface area contributed by atoms with Crippen LogP contribution in [0.2, 0.25) is 0 Å². The van der Waals surface area contributed by atoms with Gasteiger partial charge in [0.15, 0.2) is 0 Å². The summed E-state index contributed by atoms with van der Waals surface area (Å²) in [6.07, 6.45) is 0. The smallest absolute Gasteiger partial charge is 0.240 e. The van der Waals surface area contributed by atoms with Gasteiger partial charge in [-0.3, -0.25) is 0 Å². The molecule has 0 fully saturated rings. The standard InChI is InChI=1S/C12H14N4O2/c1-16-4-5-17-10-6-8(2-3-9(10)16)12-14-11(7-13)18-15-12/h2-3,6H,4-5,7,13H2,1H3. The lowest BCUT2D eigenvalue weighted by Gasteiger charge is -2.27. The lowest BCUT2D eigenvalue weighted by molar-refractivity contribution is 0.311. The molecule has 0 aliphatic carbocycles. The lowest BCUT2D eigenvalue weighted by Crippen LogP contribution is -2.28. The first kappa shape index (κ1) is 11.0. The average molecular weight is 246 g/mol. The summed E-state index contributed by atoms with van der Waals surface area (Å²) in [4.78, 5) is 6.35. The largest absolute Gasteiger partial charge is 0.490 e. The second-order valence-corrected chi connectivity index (χ2v) is 4.17. The predicted octanol–water partition coefficient (Wildman–Crippen LogP) is 1.02. The summed E-state index contributed by atoms with van der Waals surface area (Å²) in [5, 5.41) is 3.89. The van der Waals surface area contributed by atoms with Crippen molar-refractivity contribution in [1.29, 1.82) is 0 Å². The number of likely N-dealkylation sites (N-methyl/N-ethyl adjacent to an activating group) is 1. The van der Waals surface area contributed by atoms with Gasteiger partial charge in [-0.1, -0.05) is 5.16 Å². The van der Waals surface area contributed by atoms with Gasteiger partial charge in [-0.2, -0.15) is 4.98 Å². The number of rotatable bonds is 2.